The molecule has 0 heterocycles. The van der Waals surface area contributed by atoms with Crippen LogP contribution >= 0.6 is 43.5 Å². The van der Waals surface area contributed by atoms with Crippen molar-refractivity contribution in [2.45, 2.75) is 10.2 Å². The Balaban J connectivity index is 2.35. The number of benzene rings is 2. The first-order chi connectivity index (χ1) is 11.7. The van der Waals surface area contributed by atoms with Crippen LogP contribution in [0.5, 0.6) is 0 Å². The summed E-state index contributed by atoms with van der Waals surface area (Å²) in [6.07, 6.45) is 0. The van der Waals surface area contributed by atoms with E-state index in [0.29, 0.717) is 22.1 Å². The smallest absolute Gasteiger partial charge is 0.251 e. The van der Waals surface area contributed by atoms with Crippen molar-refractivity contribution < 1.29 is 4.79 Å². The van der Waals surface area contributed by atoms with E-state index in [1.807, 2.05) is 37.2 Å². The Morgan fingerprint density at radius 1 is 1.12 bits per heavy atom. The molecule has 0 aromatic heterocycles. The van der Waals surface area contributed by atoms with Gasteiger partial charge in [-0.3, -0.25) is 4.79 Å². The van der Waals surface area contributed by atoms with Gasteiger partial charge in [-0.25, -0.2) is 0 Å². The lowest BCUT2D eigenvalue weighted by Gasteiger charge is -2.18. The fraction of sp³-hybridized carbons (Fsp3) is 0.235. The molecule has 0 aliphatic heterocycles. The van der Waals surface area contributed by atoms with Crippen LogP contribution in [0.15, 0.2) is 52.7 Å². The maximum atomic E-state index is 12.3. The van der Waals surface area contributed by atoms with Gasteiger partial charge in [0.15, 0.2) is 3.23 Å². The zero-order chi connectivity index (χ0) is 18.6. The predicted molar refractivity (Wildman–Crippen MR) is 111 cm³/mol. The van der Waals surface area contributed by atoms with Gasteiger partial charge in [0.2, 0.25) is 0 Å². The highest BCUT2D eigenvalue weighted by Crippen LogP contribution is 2.34. The van der Waals surface area contributed by atoms with Crippen LogP contribution in [0.3, 0.4) is 0 Å². The lowest BCUT2D eigenvalue weighted by molar-refractivity contribution is -0.115. The molecule has 0 aliphatic carbocycles. The van der Waals surface area contributed by atoms with Crippen LogP contribution in [0.25, 0.3) is 0 Å². The van der Waals surface area contributed by atoms with Gasteiger partial charge < -0.3 is 10.2 Å². The molecule has 1 N–H and O–H groups in total. The molecular formula is C17H17Br2ClN4O. The molecule has 0 fully saturated rings. The van der Waals surface area contributed by atoms with Crippen molar-refractivity contribution in [2.75, 3.05) is 24.3 Å². The Kier molecular flexibility index (Phi) is 6.59. The van der Waals surface area contributed by atoms with Crippen molar-refractivity contribution in [1.29, 1.82) is 0 Å². The van der Waals surface area contributed by atoms with Gasteiger partial charge in [-0.15, -0.1) is 5.11 Å². The summed E-state index contributed by atoms with van der Waals surface area (Å²) >= 11 is 12.4. The van der Waals surface area contributed by atoms with Crippen molar-refractivity contribution in [2.24, 2.45) is 10.2 Å². The van der Waals surface area contributed by atoms with Gasteiger partial charge in [0.1, 0.15) is 5.69 Å². The van der Waals surface area contributed by atoms with Gasteiger partial charge >= 0.3 is 0 Å². The minimum Gasteiger partial charge on any atom is -0.378 e. The van der Waals surface area contributed by atoms with Gasteiger partial charge in [-0.1, -0.05) is 43.5 Å². The normalized spacial score (nSPS) is 11.6. The number of hydrogen-bond donors (Lipinski definition) is 1. The SMILES string of the molecule is CN(C)c1ccc(N=Nc2ccc(Cl)cc2)c(NC(=O)C(C)(Br)Br)c1. The molecule has 8 heteroatoms. The first-order valence-electron chi connectivity index (χ1n) is 7.35. The molecule has 25 heavy (non-hydrogen) atoms. The molecule has 5 nitrogen and oxygen atoms in total. The second kappa shape index (κ2) is 8.29. The van der Waals surface area contributed by atoms with Crippen molar-refractivity contribution in [1.82, 2.24) is 0 Å². The third-order valence-corrected chi connectivity index (χ3v) is 4.22. The number of rotatable bonds is 5. The Labute approximate surface area is 168 Å². The zero-order valence-electron chi connectivity index (χ0n) is 13.9. The average Bonchev–Trinajstić information content (AvgIpc) is 2.54. The van der Waals surface area contributed by atoms with Gasteiger partial charge in [0, 0.05) is 24.8 Å². The van der Waals surface area contributed by atoms with Crippen LogP contribution in [0.2, 0.25) is 5.02 Å². The van der Waals surface area contributed by atoms with E-state index in [1.165, 1.54) is 0 Å². The molecule has 2 aromatic carbocycles. The molecule has 132 valence electrons. The van der Waals surface area contributed by atoms with E-state index in [-0.39, 0.29) is 5.91 Å². The molecule has 0 radical (unpaired) electrons. The minimum atomic E-state index is -0.876. The Bertz CT molecular complexity index is 786. The largest absolute Gasteiger partial charge is 0.378 e. The van der Waals surface area contributed by atoms with Crippen LogP contribution in [-0.2, 0) is 4.79 Å². The molecule has 0 saturated heterocycles. The lowest BCUT2D eigenvalue weighted by atomic mass is 10.2. The highest BCUT2D eigenvalue weighted by molar-refractivity contribution is 9.25. The van der Waals surface area contributed by atoms with Crippen LogP contribution in [0.1, 0.15) is 6.92 Å². The summed E-state index contributed by atoms with van der Waals surface area (Å²) in [6, 6.07) is 12.6. The Hall–Kier alpha value is -1.44. The summed E-state index contributed by atoms with van der Waals surface area (Å²) in [7, 11) is 3.85. The van der Waals surface area contributed by atoms with Crippen LogP contribution in [-0.4, -0.2) is 23.2 Å². The summed E-state index contributed by atoms with van der Waals surface area (Å²) in [5.74, 6) is -0.244. The Morgan fingerprint density at radius 2 is 1.76 bits per heavy atom. The number of azo groups is 1. The highest BCUT2D eigenvalue weighted by atomic mass is 79.9. The maximum absolute atomic E-state index is 12.3. The summed E-state index contributed by atoms with van der Waals surface area (Å²) in [5.41, 5.74) is 2.73. The third kappa shape index (κ3) is 5.80. The number of amides is 1. The topological polar surface area (TPSA) is 57.1 Å². The van der Waals surface area contributed by atoms with Gasteiger partial charge in [-0.05, 0) is 49.4 Å². The summed E-state index contributed by atoms with van der Waals surface area (Å²) in [4.78, 5) is 14.2. The van der Waals surface area contributed by atoms with Crippen LogP contribution < -0.4 is 10.2 Å². The molecule has 0 aliphatic rings. The number of alkyl halides is 2. The highest BCUT2D eigenvalue weighted by Gasteiger charge is 2.26. The number of nitrogens with zero attached hydrogens (tertiary/aromatic N) is 3. The summed E-state index contributed by atoms with van der Waals surface area (Å²) in [6.45, 7) is 1.70. The zero-order valence-corrected chi connectivity index (χ0v) is 17.9. The molecule has 0 bridgehead atoms. The minimum absolute atomic E-state index is 0.244. The van der Waals surface area contributed by atoms with E-state index >= 15 is 0 Å². The number of halogens is 3. The van der Waals surface area contributed by atoms with E-state index in [0.717, 1.165) is 5.69 Å². The molecular weight excluding hydrogens is 471 g/mol. The summed E-state index contributed by atoms with van der Waals surface area (Å²) in [5, 5.41) is 12.0. The van der Waals surface area contributed by atoms with Crippen molar-refractivity contribution >= 4 is 72.1 Å². The monoisotopic (exact) mass is 486 g/mol. The van der Waals surface area contributed by atoms with Crippen molar-refractivity contribution in [3.8, 4) is 0 Å². The molecule has 1 amide bonds. The van der Waals surface area contributed by atoms with E-state index in [4.69, 9.17) is 11.6 Å². The fourth-order valence-corrected chi connectivity index (χ4v) is 2.17. The number of nitrogens with one attached hydrogen (secondary N) is 1. The second-order valence-corrected chi connectivity index (χ2v) is 10.3. The number of anilines is 2. The molecule has 0 unspecified atom stereocenters. The first kappa shape index (κ1) is 19.9. The number of carbonyl (C=O) groups is 1. The van der Waals surface area contributed by atoms with Gasteiger partial charge in [-0.2, -0.15) is 5.11 Å². The number of carbonyl (C=O) groups excluding carboxylic acids is 1. The summed E-state index contributed by atoms with van der Waals surface area (Å²) < 4.78 is -0.876. The van der Waals surface area contributed by atoms with Gasteiger partial charge in [0.25, 0.3) is 5.91 Å². The first-order valence-corrected chi connectivity index (χ1v) is 9.31. The lowest BCUT2D eigenvalue weighted by Crippen LogP contribution is -2.28. The van der Waals surface area contributed by atoms with Crippen molar-refractivity contribution in [3.05, 3.63) is 47.5 Å². The Morgan fingerprint density at radius 3 is 2.32 bits per heavy atom. The van der Waals surface area contributed by atoms with Crippen LogP contribution in [0, 0.1) is 0 Å². The maximum Gasteiger partial charge on any atom is 0.251 e. The third-order valence-electron chi connectivity index (χ3n) is 3.24. The molecule has 0 atom stereocenters. The van der Waals surface area contributed by atoms with Crippen LogP contribution in [0.4, 0.5) is 22.7 Å². The van der Waals surface area contributed by atoms with E-state index in [9.17, 15) is 4.79 Å². The van der Waals surface area contributed by atoms with E-state index in [2.05, 4.69) is 47.4 Å². The molecule has 0 saturated carbocycles. The second-order valence-electron chi connectivity index (χ2n) is 5.61. The fourth-order valence-electron chi connectivity index (χ4n) is 1.84. The van der Waals surface area contributed by atoms with Gasteiger partial charge in [0.05, 0.1) is 11.4 Å². The molecule has 2 aromatic rings. The standard InChI is InChI=1S/C17H17Br2ClN4O/c1-17(18,19)16(25)21-15-10-13(24(2)3)8-9-14(15)23-22-12-6-4-11(20)5-7-12/h4-10H,1-3H3,(H,21,25). The van der Waals surface area contributed by atoms with Crippen molar-refractivity contribution in [3.63, 3.8) is 0 Å². The quantitative estimate of drug-likeness (QED) is 0.399. The molecule has 0 spiro atoms. The number of hydrogen-bond acceptors (Lipinski definition) is 4. The molecule has 2 rings (SSSR count). The predicted octanol–water partition coefficient (Wildman–Crippen LogP) is 6.27. The van der Waals surface area contributed by atoms with E-state index in [1.54, 1.807) is 31.2 Å². The average molecular weight is 489 g/mol. The van der Waals surface area contributed by atoms with E-state index < -0.39 is 3.23 Å².